The Kier molecular flexibility index (Phi) is 4.73. The fourth-order valence-corrected chi connectivity index (χ4v) is 4.23. The van der Waals surface area contributed by atoms with Crippen LogP contribution in [0.15, 0.2) is 64.6 Å². The summed E-state index contributed by atoms with van der Waals surface area (Å²) in [5.74, 6) is 0. The number of para-hydroxylation sites is 2. The molecule has 3 nitrogen and oxygen atoms in total. The Bertz CT molecular complexity index is 1240. The smallest absolute Gasteiger partial charge is 0.251 e. The van der Waals surface area contributed by atoms with Crippen LogP contribution in [0.4, 0.5) is 24.5 Å². The molecule has 2 aliphatic carbocycles. The first-order chi connectivity index (χ1) is 14.9. The van der Waals surface area contributed by atoms with Crippen molar-refractivity contribution < 1.29 is 13.2 Å². The van der Waals surface area contributed by atoms with Gasteiger partial charge >= 0.3 is 6.18 Å². The molecular formula is C25H20F3N3. The Morgan fingerprint density at radius 1 is 0.742 bits per heavy atom. The number of pyridine rings is 1. The molecule has 0 aliphatic heterocycles. The van der Waals surface area contributed by atoms with E-state index in [1.54, 1.807) is 6.07 Å². The monoisotopic (exact) mass is 419 g/mol. The normalized spacial score (nSPS) is 17.9. The molecule has 0 unspecified atom stereocenters. The lowest BCUT2D eigenvalue weighted by atomic mass is 10.1. The lowest BCUT2D eigenvalue weighted by molar-refractivity contribution is -0.137. The summed E-state index contributed by atoms with van der Waals surface area (Å²) in [7, 11) is 0. The topological polar surface area (TPSA) is 37.6 Å². The highest BCUT2D eigenvalue weighted by Gasteiger charge is 2.34. The Morgan fingerprint density at radius 2 is 1.29 bits per heavy atom. The van der Waals surface area contributed by atoms with E-state index in [1.807, 2.05) is 31.2 Å². The third-order valence-electron chi connectivity index (χ3n) is 5.83. The number of hydrogen-bond acceptors (Lipinski definition) is 3. The molecule has 0 radical (unpaired) electrons. The molecular weight excluding hydrogens is 399 g/mol. The van der Waals surface area contributed by atoms with Crippen molar-refractivity contribution in [2.24, 2.45) is 9.98 Å². The summed E-state index contributed by atoms with van der Waals surface area (Å²) in [6, 6.07) is 15.5. The van der Waals surface area contributed by atoms with Crippen molar-refractivity contribution >= 4 is 22.8 Å². The fraction of sp³-hybridized carbons (Fsp3) is 0.240. The minimum atomic E-state index is -4.44. The Balaban J connectivity index is 1.57. The van der Waals surface area contributed by atoms with Crippen LogP contribution < -0.4 is 0 Å². The first-order valence-corrected chi connectivity index (χ1v) is 10.3. The zero-order valence-electron chi connectivity index (χ0n) is 17.0. The van der Waals surface area contributed by atoms with Crippen LogP contribution in [0.1, 0.15) is 46.5 Å². The number of halogens is 3. The average molecular weight is 419 g/mol. The van der Waals surface area contributed by atoms with Gasteiger partial charge in [-0.05, 0) is 67.5 Å². The van der Waals surface area contributed by atoms with Gasteiger partial charge in [-0.25, -0.2) is 4.98 Å². The maximum atomic E-state index is 13.4. The van der Waals surface area contributed by atoms with E-state index in [0.29, 0.717) is 17.8 Å². The minimum Gasteiger partial charge on any atom is -0.251 e. The highest BCUT2D eigenvalue weighted by atomic mass is 19.4. The van der Waals surface area contributed by atoms with Crippen LogP contribution in [0.25, 0.3) is 0 Å². The van der Waals surface area contributed by atoms with Crippen molar-refractivity contribution in [1.29, 1.82) is 0 Å². The first-order valence-electron chi connectivity index (χ1n) is 10.3. The van der Waals surface area contributed by atoms with E-state index >= 15 is 0 Å². The summed E-state index contributed by atoms with van der Waals surface area (Å²) in [6.07, 6.45) is -1.43. The van der Waals surface area contributed by atoms with Gasteiger partial charge < -0.3 is 0 Å². The van der Waals surface area contributed by atoms with E-state index in [2.05, 4.69) is 11.1 Å². The highest BCUT2D eigenvalue weighted by Crippen LogP contribution is 2.37. The van der Waals surface area contributed by atoms with E-state index in [1.165, 1.54) is 12.1 Å². The van der Waals surface area contributed by atoms with Crippen molar-refractivity contribution in [3.05, 3.63) is 88.2 Å². The molecule has 5 rings (SSSR count). The number of aromatic nitrogens is 1. The van der Waals surface area contributed by atoms with Crippen molar-refractivity contribution in [3.8, 4) is 0 Å². The number of aliphatic imine (C=N–C) groups is 2. The van der Waals surface area contributed by atoms with Gasteiger partial charge in [-0.1, -0.05) is 36.4 Å². The van der Waals surface area contributed by atoms with E-state index in [9.17, 15) is 13.2 Å². The summed E-state index contributed by atoms with van der Waals surface area (Å²) >= 11 is 0. The minimum absolute atomic E-state index is 0.0612. The maximum Gasteiger partial charge on any atom is 0.418 e. The van der Waals surface area contributed by atoms with Crippen molar-refractivity contribution in [2.75, 3.05) is 0 Å². The van der Waals surface area contributed by atoms with Gasteiger partial charge in [-0.2, -0.15) is 13.2 Å². The lowest BCUT2D eigenvalue weighted by Crippen LogP contribution is -2.07. The molecule has 0 saturated heterocycles. The number of fused-ring (bicyclic) bond motifs is 2. The van der Waals surface area contributed by atoms with Crippen LogP contribution >= 0.6 is 0 Å². The zero-order valence-corrected chi connectivity index (χ0v) is 17.0. The number of nitrogens with zero attached hydrogens (tertiary/aromatic N) is 3. The van der Waals surface area contributed by atoms with Gasteiger partial charge in [-0.15, -0.1) is 0 Å². The molecule has 0 fully saturated rings. The Hall–Kier alpha value is -3.28. The largest absolute Gasteiger partial charge is 0.418 e. The molecule has 0 bridgehead atoms. The van der Waals surface area contributed by atoms with Crippen molar-refractivity contribution in [2.45, 2.75) is 38.8 Å². The molecule has 0 N–H and O–H groups in total. The van der Waals surface area contributed by atoms with Gasteiger partial charge in [0.2, 0.25) is 0 Å². The average Bonchev–Trinajstić information content (AvgIpc) is 3.32. The van der Waals surface area contributed by atoms with Crippen LogP contribution in [-0.2, 0) is 19.0 Å². The molecule has 31 heavy (non-hydrogen) atoms. The van der Waals surface area contributed by atoms with Crippen molar-refractivity contribution in [1.82, 2.24) is 4.98 Å². The van der Waals surface area contributed by atoms with Gasteiger partial charge in [0.1, 0.15) is 0 Å². The summed E-state index contributed by atoms with van der Waals surface area (Å²) in [6.45, 7) is 2.02. The van der Waals surface area contributed by atoms with Crippen LogP contribution in [0.2, 0.25) is 0 Å². The van der Waals surface area contributed by atoms with Gasteiger partial charge in [0.15, 0.2) is 0 Å². The number of alkyl halides is 3. The second-order valence-electron chi connectivity index (χ2n) is 7.92. The SMILES string of the molecule is Cc1ccccc1/N=C1\CCc2cc3c(nc21)/C(=N/c1ccccc1C(F)(F)F)CC3. The van der Waals surface area contributed by atoms with Crippen LogP contribution in [-0.4, -0.2) is 16.4 Å². The summed E-state index contributed by atoms with van der Waals surface area (Å²) < 4.78 is 40.2. The molecule has 0 saturated carbocycles. The lowest BCUT2D eigenvalue weighted by Gasteiger charge is -2.10. The molecule has 156 valence electrons. The van der Waals surface area contributed by atoms with E-state index < -0.39 is 11.7 Å². The summed E-state index contributed by atoms with van der Waals surface area (Å²) in [5.41, 5.74) is 6.52. The number of rotatable bonds is 2. The van der Waals surface area contributed by atoms with E-state index in [0.717, 1.165) is 59.1 Å². The standard InChI is InChI=1S/C25H20F3N3/c1-15-6-2-4-8-19(15)29-21-12-10-16-14-17-11-13-22(24(17)31-23(16)21)30-20-9-5-3-7-18(20)25(26,27)28/h2-9,14H,10-13H2,1H3/b29-21+,30-22+. The number of aryl methyl sites for hydroxylation is 3. The maximum absolute atomic E-state index is 13.4. The van der Waals surface area contributed by atoms with E-state index in [4.69, 9.17) is 9.98 Å². The molecule has 0 atom stereocenters. The van der Waals surface area contributed by atoms with Crippen LogP contribution in [0, 0.1) is 6.92 Å². The molecule has 0 amide bonds. The second-order valence-corrected chi connectivity index (χ2v) is 7.92. The molecule has 6 heteroatoms. The van der Waals surface area contributed by atoms with Gasteiger partial charge in [0.25, 0.3) is 0 Å². The molecule has 3 aromatic rings. The van der Waals surface area contributed by atoms with E-state index in [-0.39, 0.29) is 5.69 Å². The first kappa shape index (κ1) is 19.7. The number of benzene rings is 2. The predicted octanol–water partition coefficient (Wildman–Crippen LogP) is 6.54. The third-order valence-corrected chi connectivity index (χ3v) is 5.83. The predicted molar refractivity (Wildman–Crippen MR) is 116 cm³/mol. The highest BCUT2D eigenvalue weighted by molar-refractivity contribution is 6.08. The van der Waals surface area contributed by atoms with Crippen LogP contribution in [0.5, 0.6) is 0 Å². The molecule has 1 heterocycles. The summed E-state index contributed by atoms with van der Waals surface area (Å²) in [4.78, 5) is 14.1. The molecule has 2 aromatic carbocycles. The molecule has 1 aromatic heterocycles. The Labute approximate surface area is 178 Å². The molecule has 2 aliphatic rings. The fourth-order valence-electron chi connectivity index (χ4n) is 4.23. The van der Waals surface area contributed by atoms with Gasteiger partial charge in [-0.3, -0.25) is 9.98 Å². The van der Waals surface area contributed by atoms with Gasteiger partial charge in [0.05, 0.1) is 39.7 Å². The number of hydrogen-bond donors (Lipinski definition) is 0. The quantitative estimate of drug-likeness (QED) is 0.465. The van der Waals surface area contributed by atoms with Crippen LogP contribution in [0.3, 0.4) is 0 Å². The van der Waals surface area contributed by atoms with Gasteiger partial charge in [0, 0.05) is 0 Å². The Morgan fingerprint density at radius 3 is 1.90 bits per heavy atom. The molecule has 0 spiro atoms. The zero-order chi connectivity index (χ0) is 21.6. The summed E-state index contributed by atoms with van der Waals surface area (Å²) in [5, 5.41) is 0. The van der Waals surface area contributed by atoms with Crippen molar-refractivity contribution in [3.63, 3.8) is 0 Å². The third kappa shape index (κ3) is 3.67. The second kappa shape index (κ2) is 7.45.